The smallest absolute Gasteiger partial charge is 0.295 e. The first kappa shape index (κ1) is 21.1. The van der Waals surface area contributed by atoms with Crippen molar-refractivity contribution in [2.24, 2.45) is 0 Å². The van der Waals surface area contributed by atoms with Gasteiger partial charge in [-0.25, -0.2) is 0 Å². The molecule has 160 valence electrons. The van der Waals surface area contributed by atoms with Crippen LogP contribution in [0.5, 0.6) is 5.75 Å². The molecule has 1 unspecified atom stereocenters. The van der Waals surface area contributed by atoms with Crippen LogP contribution in [0.1, 0.15) is 22.7 Å². The maximum Gasteiger partial charge on any atom is 0.295 e. The number of rotatable bonds is 7. The Balaban J connectivity index is 1.84. The Labute approximate surface area is 186 Å². The molecule has 1 aromatic heterocycles. The number of aromatic nitrogens is 1. The van der Waals surface area contributed by atoms with Gasteiger partial charge in [-0.05, 0) is 35.4 Å². The summed E-state index contributed by atoms with van der Waals surface area (Å²) in [6.45, 7) is 4.17. The highest BCUT2D eigenvalue weighted by Crippen LogP contribution is 2.41. The number of benzene rings is 2. The number of nitrogens with zero attached hydrogens (tertiary/aromatic N) is 2. The van der Waals surface area contributed by atoms with Crippen molar-refractivity contribution in [3.05, 3.63) is 114 Å². The minimum atomic E-state index is -0.768. The minimum Gasteiger partial charge on any atom is -0.507 e. The molecule has 0 spiro atoms. The van der Waals surface area contributed by atoms with Crippen LogP contribution in [0.25, 0.3) is 5.76 Å². The lowest BCUT2D eigenvalue weighted by molar-refractivity contribution is -0.140. The molecule has 1 aliphatic rings. The molecule has 6 nitrogen and oxygen atoms in total. The number of ether oxygens (including phenoxy) is 1. The predicted molar refractivity (Wildman–Crippen MR) is 121 cm³/mol. The lowest BCUT2D eigenvalue weighted by Gasteiger charge is -2.25. The van der Waals surface area contributed by atoms with Crippen LogP contribution < -0.4 is 4.74 Å². The van der Waals surface area contributed by atoms with Crippen molar-refractivity contribution in [3.63, 3.8) is 0 Å². The molecule has 1 saturated heterocycles. The quantitative estimate of drug-likeness (QED) is 0.264. The van der Waals surface area contributed by atoms with E-state index in [0.29, 0.717) is 23.5 Å². The summed E-state index contributed by atoms with van der Waals surface area (Å²) in [5.41, 5.74) is 2.01. The molecule has 1 fully saturated rings. The molecule has 0 bridgehead atoms. The van der Waals surface area contributed by atoms with E-state index in [-0.39, 0.29) is 17.9 Å². The third kappa shape index (κ3) is 4.16. The Hall–Kier alpha value is -4.19. The van der Waals surface area contributed by atoms with Gasteiger partial charge in [0.05, 0.1) is 11.6 Å². The number of amides is 1. The summed E-state index contributed by atoms with van der Waals surface area (Å²) in [6.07, 6.45) is 4.90. The Bertz CT molecular complexity index is 1170. The van der Waals surface area contributed by atoms with E-state index in [2.05, 4.69) is 11.6 Å². The minimum absolute atomic E-state index is 0.0520. The van der Waals surface area contributed by atoms with Crippen molar-refractivity contribution < 1.29 is 19.4 Å². The van der Waals surface area contributed by atoms with Crippen molar-refractivity contribution in [1.82, 2.24) is 9.88 Å². The van der Waals surface area contributed by atoms with Crippen LogP contribution in [0, 0.1) is 0 Å². The molecule has 6 heteroatoms. The zero-order valence-electron chi connectivity index (χ0n) is 17.3. The van der Waals surface area contributed by atoms with Crippen molar-refractivity contribution >= 4 is 17.4 Å². The van der Waals surface area contributed by atoms with E-state index >= 15 is 0 Å². The average Bonchev–Trinajstić information content (AvgIpc) is 3.08. The lowest BCUT2D eigenvalue weighted by atomic mass is 9.95. The highest BCUT2D eigenvalue weighted by Gasteiger charge is 2.46. The summed E-state index contributed by atoms with van der Waals surface area (Å²) < 4.78 is 5.65. The number of carbonyl (C=O) groups is 2. The molecule has 0 aliphatic carbocycles. The van der Waals surface area contributed by atoms with E-state index in [1.165, 1.54) is 4.90 Å². The fraction of sp³-hybridized carbons (Fsp3) is 0.115. The van der Waals surface area contributed by atoms with Gasteiger partial charge in [0.15, 0.2) is 0 Å². The molecule has 32 heavy (non-hydrogen) atoms. The molecule has 0 radical (unpaired) electrons. The Kier molecular flexibility index (Phi) is 6.12. The van der Waals surface area contributed by atoms with Gasteiger partial charge < -0.3 is 14.7 Å². The van der Waals surface area contributed by atoms with Crippen molar-refractivity contribution in [2.45, 2.75) is 12.6 Å². The van der Waals surface area contributed by atoms with Crippen molar-refractivity contribution in [2.75, 3.05) is 6.61 Å². The summed E-state index contributed by atoms with van der Waals surface area (Å²) >= 11 is 0. The van der Waals surface area contributed by atoms with E-state index in [1.54, 1.807) is 73.1 Å². The van der Waals surface area contributed by atoms with Gasteiger partial charge >= 0.3 is 0 Å². The molecule has 3 aromatic rings. The summed E-state index contributed by atoms with van der Waals surface area (Å²) in [4.78, 5) is 31.6. The SMILES string of the molecule is C=CCOc1cccc(C2/C(=C(\O)c3ccccc3)C(=O)C(=O)N2Cc2ccncc2)c1. The third-order valence-electron chi connectivity index (χ3n) is 5.23. The molecular weight excluding hydrogens is 404 g/mol. The largest absolute Gasteiger partial charge is 0.507 e. The van der Waals surface area contributed by atoms with E-state index < -0.39 is 17.7 Å². The fourth-order valence-corrected chi connectivity index (χ4v) is 3.76. The van der Waals surface area contributed by atoms with Crippen molar-refractivity contribution in [3.8, 4) is 5.75 Å². The van der Waals surface area contributed by atoms with E-state index in [1.807, 2.05) is 12.1 Å². The second-order valence-corrected chi connectivity index (χ2v) is 7.32. The van der Waals surface area contributed by atoms with Crippen LogP contribution in [0.4, 0.5) is 0 Å². The predicted octanol–water partition coefficient (Wildman–Crippen LogP) is 4.27. The molecule has 4 rings (SSSR count). The van der Waals surface area contributed by atoms with E-state index in [9.17, 15) is 14.7 Å². The van der Waals surface area contributed by atoms with Gasteiger partial charge in [-0.3, -0.25) is 14.6 Å². The normalized spacial score (nSPS) is 17.4. The van der Waals surface area contributed by atoms with Crippen LogP contribution >= 0.6 is 0 Å². The lowest BCUT2D eigenvalue weighted by Crippen LogP contribution is -2.29. The first-order valence-electron chi connectivity index (χ1n) is 10.2. The second-order valence-electron chi connectivity index (χ2n) is 7.32. The van der Waals surface area contributed by atoms with Crippen LogP contribution in [0.15, 0.2) is 97.4 Å². The fourth-order valence-electron chi connectivity index (χ4n) is 3.76. The Morgan fingerprint density at radius 1 is 1.06 bits per heavy atom. The molecule has 1 amide bonds. The molecule has 1 atom stereocenters. The first-order valence-corrected chi connectivity index (χ1v) is 10.2. The number of aliphatic hydroxyl groups is 1. The average molecular weight is 426 g/mol. The summed E-state index contributed by atoms with van der Waals surface area (Å²) in [6, 6.07) is 18.7. The molecule has 2 aromatic carbocycles. The zero-order chi connectivity index (χ0) is 22.5. The molecular formula is C26H22N2O4. The molecule has 1 N–H and O–H groups in total. The number of likely N-dealkylation sites (tertiary alicyclic amines) is 1. The number of ketones is 1. The standard InChI is InChI=1S/C26H22N2O4/c1-2-15-32-21-10-6-9-20(16-21)23-22(24(29)19-7-4-3-5-8-19)25(30)26(31)28(23)17-18-11-13-27-14-12-18/h2-14,16,23,29H,1,15,17H2/b24-22+. The van der Waals surface area contributed by atoms with Gasteiger partial charge in [0.25, 0.3) is 11.7 Å². The van der Waals surface area contributed by atoms with Gasteiger partial charge in [-0.2, -0.15) is 0 Å². The maximum atomic E-state index is 13.1. The second kappa shape index (κ2) is 9.31. The number of hydrogen-bond donors (Lipinski definition) is 1. The number of pyridine rings is 1. The van der Waals surface area contributed by atoms with Gasteiger partial charge in [-0.1, -0.05) is 55.1 Å². The number of Topliss-reactive ketones (excluding diaryl/α,β-unsaturated/α-hetero) is 1. The van der Waals surface area contributed by atoms with E-state index in [4.69, 9.17) is 4.74 Å². The molecule has 0 saturated carbocycles. The summed E-state index contributed by atoms with van der Waals surface area (Å²) in [5.74, 6) is -1.01. The number of carbonyl (C=O) groups excluding carboxylic acids is 2. The van der Waals surface area contributed by atoms with Gasteiger partial charge in [0.1, 0.15) is 18.1 Å². The van der Waals surface area contributed by atoms with Gasteiger partial charge in [0.2, 0.25) is 0 Å². The number of aliphatic hydroxyl groups excluding tert-OH is 1. The Morgan fingerprint density at radius 3 is 2.53 bits per heavy atom. The summed E-state index contributed by atoms with van der Waals surface area (Å²) in [7, 11) is 0. The Morgan fingerprint density at radius 2 is 1.81 bits per heavy atom. The highest BCUT2D eigenvalue weighted by atomic mass is 16.5. The van der Waals surface area contributed by atoms with Crippen LogP contribution in [0.2, 0.25) is 0 Å². The highest BCUT2D eigenvalue weighted by molar-refractivity contribution is 6.46. The van der Waals surface area contributed by atoms with Crippen molar-refractivity contribution in [1.29, 1.82) is 0 Å². The van der Waals surface area contributed by atoms with Gasteiger partial charge in [0, 0.05) is 24.5 Å². The van der Waals surface area contributed by atoms with Crippen LogP contribution in [0.3, 0.4) is 0 Å². The zero-order valence-corrected chi connectivity index (χ0v) is 17.3. The monoisotopic (exact) mass is 426 g/mol. The molecule has 1 aliphatic heterocycles. The topological polar surface area (TPSA) is 79.7 Å². The summed E-state index contributed by atoms with van der Waals surface area (Å²) in [5, 5.41) is 11.1. The van der Waals surface area contributed by atoms with Crippen LogP contribution in [-0.2, 0) is 16.1 Å². The maximum absolute atomic E-state index is 13.1. The third-order valence-corrected chi connectivity index (χ3v) is 5.23. The number of hydrogen-bond acceptors (Lipinski definition) is 5. The van der Waals surface area contributed by atoms with Gasteiger partial charge in [-0.15, -0.1) is 0 Å². The molecule has 2 heterocycles. The first-order chi connectivity index (χ1) is 15.6. The van der Waals surface area contributed by atoms with Crippen LogP contribution in [-0.4, -0.2) is 33.3 Å². The van der Waals surface area contributed by atoms with E-state index in [0.717, 1.165) is 5.56 Å².